The SMILES string of the molecule is CC(C)(C)NC(=O)CCNC(=O)N(CC(=O)O)CC1CC1. The monoisotopic (exact) mass is 299 g/mol. The highest BCUT2D eigenvalue weighted by atomic mass is 16.4. The van der Waals surface area contributed by atoms with Crippen molar-refractivity contribution < 1.29 is 19.5 Å². The number of carbonyl (C=O) groups excluding carboxylic acids is 2. The van der Waals surface area contributed by atoms with Gasteiger partial charge in [0.05, 0.1) is 0 Å². The zero-order chi connectivity index (χ0) is 16.0. The summed E-state index contributed by atoms with van der Waals surface area (Å²) in [5.41, 5.74) is -0.303. The molecule has 7 nitrogen and oxygen atoms in total. The Morgan fingerprint density at radius 1 is 1.24 bits per heavy atom. The fraction of sp³-hybridized carbons (Fsp3) is 0.786. The molecular formula is C14H25N3O4. The van der Waals surface area contributed by atoms with E-state index in [2.05, 4.69) is 10.6 Å². The van der Waals surface area contributed by atoms with Crippen molar-refractivity contribution in [1.29, 1.82) is 0 Å². The van der Waals surface area contributed by atoms with Crippen molar-refractivity contribution in [2.75, 3.05) is 19.6 Å². The lowest BCUT2D eigenvalue weighted by Gasteiger charge is -2.22. The number of hydrogen-bond donors (Lipinski definition) is 3. The Labute approximate surface area is 125 Å². The maximum Gasteiger partial charge on any atom is 0.323 e. The van der Waals surface area contributed by atoms with Crippen LogP contribution in [0.4, 0.5) is 4.79 Å². The van der Waals surface area contributed by atoms with E-state index in [1.54, 1.807) is 0 Å². The van der Waals surface area contributed by atoms with Crippen LogP contribution in [0.25, 0.3) is 0 Å². The highest BCUT2D eigenvalue weighted by molar-refractivity contribution is 5.81. The maximum absolute atomic E-state index is 11.9. The molecule has 0 aromatic carbocycles. The normalized spacial score (nSPS) is 14.4. The summed E-state index contributed by atoms with van der Waals surface area (Å²) in [7, 11) is 0. The van der Waals surface area contributed by atoms with Gasteiger partial charge in [-0.2, -0.15) is 0 Å². The third kappa shape index (κ3) is 8.16. The van der Waals surface area contributed by atoms with Gasteiger partial charge in [-0.05, 0) is 39.5 Å². The molecule has 0 atom stereocenters. The molecule has 21 heavy (non-hydrogen) atoms. The van der Waals surface area contributed by atoms with Gasteiger partial charge in [0.25, 0.3) is 0 Å². The molecule has 1 aliphatic carbocycles. The van der Waals surface area contributed by atoms with Crippen LogP contribution in [0.1, 0.15) is 40.0 Å². The Kier molecular flexibility index (Phi) is 5.99. The summed E-state index contributed by atoms with van der Waals surface area (Å²) in [6, 6.07) is -0.423. The third-order valence-electron chi connectivity index (χ3n) is 2.93. The van der Waals surface area contributed by atoms with E-state index in [1.807, 2.05) is 20.8 Å². The number of carboxylic acid groups (broad SMARTS) is 1. The van der Waals surface area contributed by atoms with Crippen LogP contribution >= 0.6 is 0 Å². The van der Waals surface area contributed by atoms with Gasteiger partial charge in [0.15, 0.2) is 0 Å². The first-order valence-electron chi connectivity index (χ1n) is 7.23. The molecular weight excluding hydrogens is 274 g/mol. The number of rotatable bonds is 7. The second-order valence-corrected chi connectivity index (χ2v) is 6.50. The summed E-state index contributed by atoms with van der Waals surface area (Å²) in [6.07, 6.45) is 2.25. The van der Waals surface area contributed by atoms with Crippen LogP contribution in [-0.2, 0) is 9.59 Å². The van der Waals surface area contributed by atoms with Gasteiger partial charge in [-0.25, -0.2) is 4.79 Å². The zero-order valence-corrected chi connectivity index (χ0v) is 12.9. The molecule has 7 heteroatoms. The van der Waals surface area contributed by atoms with E-state index in [-0.39, 0.29) is 31.0 Å². The zero-order valence-electron chi connectivity index (χ0n) is 12.9. The number of nitrogens with zero attached hydrogens (tertiary/aromatic N) is 1. The number of aliphatic carboxylic acids is 1. The van der Waals surface area contributed by atoms with Crippen LogP contribution in [0.15, 0.2) is 0 Å². The van der Waals surface area contributed by atoms with Crippen molar-refractivity contribution in [2.45, 2.75) is 45.6 Å². The smallest absolute Gasteiger partial charge is 0.323 e. The van der Waals surface area contributed by atoms with Gasteiger partial charge in [-0.1, -0.05) is 0 Å². The average Bonchev–Trinajstić information content (AvgIpc) is 3.08. The van der Waals surface area contributed by atoms with E-state index in [0.29, 0.717) is 12.5 Å². The van der Waals surface area contributed by atoms with Crippen LogP contribution in [0.2, 0.25) is 0 Å². The Morgan fingerprint density at radius 2 is 1.86 bits per heavy atom. The van der Waals surface area contributed by atoms with Gasteiger partial charge in [0.1, 0.15) is 6.54 Å². The van der Waals surface area contributed by atoms with E-state index in [1.165, 1.54) is 4.90 Å². The minimum absolute atomic E-state index is 0.144. The second-order valence-electron chi connectivity index (χ2n) is 6.50. The number of carboxylic acids is 1. The first-order chi connectivity index (χ1) is 9.67. The summed E-state index contributed by atoms with van der Waals surface area (Å²) >= 11 is 0. The Balaban J connectivity index is 2.32. The maximum atomic E-state index is 11.9. The summed E-state index contributed by atoms with van der Waals surface area (Å²) in [6.45, 7) is 6.00. The van der Waals surface area contributed by atoms with Crippen LogP contribution in [-0.4, -0.2) is 53.1 Å². The van der Waals surface area contributed by atoms with Crippen molar-refractivity contribution >= 4 is 17.9 Å². The molecule has 3 N–H and O–H groups in total. The van der Waals surface area contributed by atoms with Crippen LogP contribution in [0, 0.1) is 5.92 Å². The molecule has 0 unspecified atom stereocenters. The minimum Gasteiger partial charge on any atom is -0.480 e. The molecule has 1 rings (SSSR count). The van der Waals surface area contributed by atoms with Crippen molar-refractivity contribution in [3.63, 3.8) is 0 Å². The summed E-state index contributed by atoms with van der Waals surface area (Å²) < 4.78 is 0. The number of hydrogen-bond acceptors (Lipinski definition) is 3. The fourth-order valence-corrected chi connectivity index (χ4v) is 1.87. The molecule has 0 bridgehead atoms. The topological polar surface area (TPSA) is 98.7 Å². The van der Waals surface area contributed by atoms with Crippen LogP contribution in [0.3, 0.4) is 0 Å². The van der Waals surface area contributed by atoms with Gasteiger partial charge < -0.3 is 20.6 Å². The largest absolute Gasteiger partial charge is 0.480 e. The standard InChI is InChI=1S/C14H25N3O4/c1-14(2,3)16-11(18)6-7-15-13(21)17(9-12(19)20)8-10-4-5-10/h10H,4-9H2,1-3H3,(H,15,21)(H,16,18)(H,19,20). The predicted molar refractivity (Wildman–Crippen MR) is 77.8 cm³/mol. The number of urea groups is 1. The van der Waals surface area contributed by atoms with Crippen molar-refractivity contribution in [3.8, 4) is 0 Å². The van der Waals surface area contributed by atoms with E-state index < -0.39 is 12.0 Å². The van der Waals surface area contributed by atoms with Gasteiger partial charge >= 0.3 is 12.0 Å². The van der Waals surface area contributed by atoms with Gasteiger partial charge in [-0.3, -0.25) is 9.59 Å². The van der Waals surface area contributed by atoms with Gasteiger partial charge in [-0.15, -0.1) is 0 Å². The predicted octanol–water partition coefficient (Wildman–Crippen LogP) is 0.797. The average molecular weight is 299 g/mol. The lowest BCUT2D eigenvalue weighted by Crippen LogP contribution is -2.46. The van der Waals surface area contributed by atoms with Gasteiger partial charge in [0.2, 0.25) is 5.91 Å². The highest BCUT2D eigenvalue weighted by Gasteiger charge is 2.27. The van der Waals surface area contributed by atoms with Crippen LogP contribution in [0.5, 0.6) is 0 Å². The van der Waals surface area contributed by atoms with Crippen molar-refractivity contribution in [2.24, 2.45) is 5.92 Å². The Hall–Kier alpha value is -1.79. The van der Waals surface area contributed by atoms with E-state index >= 15 is 0 Å². The molecule has 0 aliphatic heterocycles. The summed E-state index contributed by atoms with van der Waals surface area (Å²) in [4.78, 5) is 35.6. The van der Waals surface area contributed by atoms with Crippen molar-refractivity contribution in [3.05, 3.63) is 0 Å². The van der Waals surface area contributed by atoms with E-state index in [0.717, 1.165) is 12.8 Å². The number of amides is 3. The van der Waals surface area contributed by atoms with E-state index in [4.69, 9.17) is 5.11 Å². The lowest BCUT2D eigenvalue weighted by atomic mass is 10.1. The van der Waals surface area contributed by atoms with E-state index in [9.17, 15) is 14.4 Å². The highest BCUT2D eigenvalue weighted by Crippen LogP contribution is 2.29. The van der Waals surface area contributed by atoms with Crippen LogP contribution < -0.4 is 10.6 Å². The molecule has 3 amide bonds. The first kappa shape index (κ1) is 17.3. The Morgan fingerprint density at radius 3 is 2.33 bits per heavy atom. The number of nitrogens with one attached hydrogen (secondary N) is 2. The van der Waals surface area contributed by atoms with Crippen molar-refractivity contribution in [1.82, 2.24) is 15.5 Å². The first-order valence-corrected chi connectivity index (χ1v) is 7.23. The number of carbonyl (C=O) groups is 3. The minimum atomic E-state index is -1.03. The lowest BCUT2D eigenvalue weighted by molar-refractivity contribution is -0.137. The molecule has 0 radical (unpaired) electrons. The third-order valence-corrected chi connectivity index (χ3v) is 2.93. The second kappa shape index (κ2) is 7.28. The molecule has 0 aromatic heterocycles. The molecule has 120 valence electrons. The molecule has 0 aromatic rings. The Bertz CT molecular complexity index is 400. The molecule has 0 heterocycles. The quantitative estimate of drug-likeness (QED) is 0.647. The molecule has 0 spiro atoms. The fourth-order valence-electron chi connectivity index (χ4n) is 1.87. The summed E-state index contributed by atoms with van der Waals surface area (Å²) in [5, 5.41) is 14.2. The molecule has 1 fully saturated rings. The molecule has 1 saturated carbocycles. The summed E-state index contributed by atoms with van der Waals surface area (Å²) in [5.74, 6) is -0.759. The molecule has 0 saturated heterocycles. The molecule has 1 aliphatic rings. The van der Waals surface area contributed by atoms with Gasteiger partial charge in [0, 0.05) is 25.0 Å².